The lowest BCUT2D eigenvalue weighted by atomic mass is 9.90. The highest BCUT2D eigenvalue weighted by atomic mass is 16.3. The predicted octanol–water partition coefficient (Wildman–Crippen LogP) is 3.60. The zero-order chi connectivity index (χ0) is 18.5. The van der Waals surface area contributed by atoms with Crippen LogP contribution in [0, 0.1) is 6.92 Å². The van der Waals surface area contributed by atoms with Gasteiger partial charge in [-0.15, -0.1) is 0 Å². The second-order valence-corrected chi connectivity index (χ2v) is 6.55. The van der Waals surface area contributed by atoms with Crippen LogP contribution in [0.15, 0.2) is 40.0 Å². The molecule has 1 aliphatic carbocycles. The Bertz CT molecular complexity index is 852. The molecule has 0 unspecified atom stereocenters. The average Bonchev–Trinajstić information content (AvgIpc) is 3.06. The van der Waals surface area contributed by atoms with E-state index in [1.54, 1.807) is 19.9 Å². The summed E-state index contributed by atoms with van der Waals surface area (Å²) >= 11 is 0. The van der Waals surface area contributed by atoms with Gasteiger partial charge in [0.2, 0.25) is 5.91 Å². The molecular formula is C20H23N3O3. The number of fused-ring (bicyclic) bond motifs is 1. The van der Waals surface area contributed by atoms with E-state index in [1.807, 2.05) is 12.1 Å². The van der Waals surface area contributed by atoms with Crippen molar-refractivity contribution < 1.29 is 14.0 Å². The number of anilines is 1. The zero-order valence-electron chi connectivity index (χ0n) is 15.1. The van der Waals surface area contributed by atoms with E-state index in [0.717, 1.165) is 24.9 Å². The molecule has 1 aromatic carbocycles. The number of hydrazone groups is 1. The third-order valence-corrected chi connectivity index (χ3v) is 4.54. The smallest absolute Gasteiger partial charge is 0.274 e. The zero-order valence-corrected chi connectivity index (χ0v) is 15.1. The van der Waals surface area contributed by atoms with Crippen molar-refractivity contribution in [1.82, 2.24) is 5.43 Å². The maximum atomic E-state index is 12.3. The molecular weight excluding hydrogens is 330 g/mol. The van der Waals surface area contributed by atoms with Gasteiger partial charge >= 0.3 is 0 Å². The molecule has 0 saturated carbocycles. The minimum atomic E-state index is -0.354. The largest absolute Gasteiger partial charge is 0.469 e. The van der Waals surface area contributed by atoms with Gasteiger partial charge in [0, 0.05) is 11.4 Å². The lowest BCUT2D eigenvalue weighted by molar-refractivity contribution is -0.115. The Labute approximate surface area is 152 Å². The normalized spacial score (nSPS) is 13.8. The monoisotopic (exact) mass is 353 g/mol. The lowest BCUT2D eigenvalue weighted by Gasteiger charge is -2.19. The second-order valence-electron chi connectivity index (χ2n) is 6.55. The molecule has 1 heterocycles. The van der Waals surface area contributed by atoms with E-state index in [1.165, 1.54) is 23.8 Å². The molecule has 2 aromatic rings. The van der Waals surface area contributed by atoms with Crippen molar-refractivity contribution in [2.75, 3.05) is 5.32 Å². The maximum absolute atomic E-state index is 12.3. The highest BCUT2D eigenvalue weighted by Crippen LogP contribution is 2.27. The van der Waals surface area contributed by atoms with Gasteiger partial charge in [0.25, 0.3) is 5.91 Å². The van der Waals surface area contributed by atoms with Gasteiger partial charge in [0.05, 0.1) is 18.2 Å². The summed E-state index contributed by atoms with van der Waals surface area (Å²) in [7, 11) is 0. The average molecular weight is 353 g/mol. The van der Waals surface area contributed by atoms with Crippen molar-refractivity contribution in [3.63, 3.8) is 0 Å². The molecule has 0 aliphatic heterocycles. The van der Waals surface area contributed by atoms with E-state index >= 15 is 0 Å². The van der Waals surface area contributed by atoms with Crippen LogP contribution < -0.4 is 10.7 Å². The number of furan rings is 1. The molecule has 3 rings (SSSR count). The van der Waals surface area contributed by atoms with Gasteiger partial charge in [-0.1, -0.05) is 12.1 Å². The van der Waals surface area contributed by atoms with Crippen molar-refractivity contribution >= 4 is 23.2 Å². The number of hydrogen-bond donors (Lipinski definition) is 2. The number of benzene rings is 1. The molecule has 1 aliphatic rings. The Morgan fingerprint density at radius 1 is 1.19 bits per heavy atom. The summed E-state index contributed by atoms with van der Waals surface area (Å²) in [4.78, 5) is 24.3. The summed E-state index contributed by atoms with van der Waals surface area (Å²) in [5.41, 5.74) is 6.87. The Kier molecular flexibility index (Phi) is 5.51. The Morgan fingerprint density at radius 3 is 2.77 bits per heavy atom. The van der Waals surface area contributed by atoms with Crippen molar-refractivity contribution in [2.24, 2.45) is 5.10 Å². The number of amides is 2. The minimum Gasteiger partial charge on any atom is -0.469 e. The van der Waals surface area contributed by atoms with Gasteiger partial charge in [-0.3, -0.25) is 9.59 Å². The van der Waals surface area contributed by atoms with Crippen molar-refractivity contribution in [3.8, 4) is 0 Å². The Balaban J connectivity index is 1.58. The van der Waals surface area contributed by atoms with E-state index in [9.17, 15) is 9.59 Å². The molecule has 2 amide bonds. The first kappa shape index (κ1) is 17.9. The van der Waals surface area contributed by atoms with Crippen LogP contribution in [0.3, 0.4) is 0 Å². The highest BCUT2D eigenvalue weighted by Gasteiger charge is 2.15. The number of rotatable bonds is 5. The summed E-state index contributed by atoms with van der Waals surface area (Å²) in [5.74, 6) is 0.0362. The van der Waals surface area contributed by atoms with Crippen molar-refractivity contribution in [1.29, 1.82) is 0 Å². The Hall–Kier alpha value is -2.89. The summed E-state index contributed by atoms with van der Waals surface area (Å²) in [6, 6.07) is 7.64. The molecule has 0 atom stereocenters. The van der Waals surface area contributed by atoms with Gasteiger partial charge in [0.1, 0.15) is 5.76 Å². The standard InChI is InChI=1S/C20H23N3O3/c1-13(22-23-20(25)16-10-11-26-14(16)2)12-19(24)21-18-9-5-7-15-6-3-4-8-17(15)18/h5,7,9-11H,3-4,6,8,12H2,1-2H3,(H,21,24)(H,23,25)/b22-13+. The molecule has 136 valence electrons. The van der Waals surface area contributed by atoms with Gasteiger partial charge in [-0.05, 0) is 62.8 Å². The second kappa shape index (κ2) is 7.99. The number of aryl methyl sites for hydroxylation is 2. The molecule has 0 saturated heterocycles. The fourth-order valence-electron chi connectivity index (χ4n) is 3.19. The van der Waals surface area contributed by atoms with E-state index in [2.05, 4.69) is 21.9 Å². The first-order valence-electron chi connectivity index (χ1n) is 8.83. The SMILES string of the molecule is C/C(CC(=O)Nc1cccc2c1CCCC2)=N\NC(=O)c1ccoc1C. The van der Waals surface area contributed by atoms with Crippen LogP contribution in [-0.2, 0) is 17.6 Å². The summed E-state index contributed by atoms with van der Waals surface area (Å²) in [5, 5.41) is 6.98. The van der Waals surface area contributed by atoms with Crippen LogP contribution in [0.25, 0.3) is 0 Å². The van der Waals surface area contributed by atoms with E-state index in [-0.39, 0.29) is 18.2 Å². The predicted molar refractivity (Wildman–Crippen MR) is 100 cm³/mol. The number of carbonyl (C=O) groups excluding carboxylic acids is 2. The van der Waals surface area contributed by atoms with E-state index in [0.29, 0.717) is 17.0 Å². The van der Waals surface area contributed by atoms with Gasteiger partial charge in [-0.2, -0.15) is 5.10 Å². The van der Waals surface area contributed by atoms with Crippen molar-refractivity contribution in [3.05, 3.63) is 53.0 Å². The van der Waals surface area contributed by atoms with Crippen LogP contribution in [0.1, 0.15) is 53.4 Å². The van der Waals surface area contributed by atoms with Gasteiger partial charge in [0.15, 0.2) is 0 Å². The fourth-order valence-corrected chi connectivity index (χ4v) is 3.19. The molecule has 1 aromatic heterocycles. The molecule has 0 bridgehead atoms. The van der Waals surface area contributed by atoms with Gasteiger partial charge < -0.3 is 9.73 Å². The highest BCUT2D eigenvalue weighted by molar-refractivity contribution is 6.06. The van der Waals surface area contributed by atoms with Crippen LogP contribution in [-0.4, -0.2) is 17.5 Å². The van der Waals surface area contributed by atoms with Crippen LogP contribution in [0.2, 0.25) is 0 Å². The summed E-state index contributed by atoms with van der Waals surface area (Å²) < 4.78 is 5.10. The molecule has 0 fully saturated rings. The molecule has 0 spiro atoms. The lowest BCUT2D eigenvalue weighted by Crippen LogP contribution is -2.22. The van der Waals surface area contributed by atoms with Crippen LogP contribution >= 0.6 is 0 Å². The molecule has 26 heavy (non-hydrogen) atoms. The summed E-state index contributed by atoms with van der Waals surface area (Å²) in [6.07, 6.45) is 5.99. The summed E-state index contributed by atoms with van der Waals surface area (Å²) in [6.45, 7) is 3.42. The molecule has 6 heteroatoms. The molecule has 0 radical (unpaired) electrons. The first-order chi connectivity index (χ1) is 12.5. The fraction of sp³-hybridized carbons (Fsp3) is 0.350. The molecule has 2 N–H and O–H groups in total. The quantitative estimate of drug-likeness (QED) is 0.636. The van der Waals surface area contributed by atoms with Crippen molar-refractivity contribution in [2.45, 2.75) is 46.0 Å². The van der Waals surface area contributed by atoms with Gasteiger partial charge in [-0.25, -0.2) is 5.43 Å². The maximum Gasteiger partial charge on any atom is 0.274 e. The minimum absolute atomic E-state index is 0.119. The number of hydrogen-bond acceptors (Lipinski definition) is 4. The molecule has 6 nitrogen and oxygen atoms in total. The van der Waals surface area contributed by atoms with E-state index < -0.39 is 0 Å². The number of nitrogens with zero attached hydrogens (tertiary/aromatic N) is 1. The number of carbonyl (C=O) groups is 2. The van der Waals surface area contributed by atoms with Crippen LogP contribution in [0.4, 0.5) is 5.69 Å². The topological polar surface area (TPSA) is 83.7 Å². The number of nitrogens with one attached hydrogen (secondary N) is 2. The first-order valence-corrected chi connectivity index (χ1v) is 8.83. The van der Waals surface area contributed by atoms with Crippen LogP contribution in [0.5, 0.6) is 0 Å². The third-order valence-electron chi connectivity index (χ3n) is 4.54. The van der Waals surface area contributed by atoms with E-state index in [4.69, 9.17) is 4.42 Å². The third kappa shape index (κ3) is 4.20. The Morgan fingerprint density at radius 2 is 2.00 bits per heavy atom.